The summed E-state index contributed by atoms with van der Waals surface area (Å²) in [5.74, 6) is 0. The number of hydrogen-bond acceptors (Lipinski definition) is 6. The molecule has 2 N–H and O–H groups in total. The Bertz CT molecular complexity index is 668. The van der Waals surface area contributed by atoms with Crippen LogP contribution in [0, 0.1) is 0 Å². The van der Waals surface area contributed by atoms with E-state index in [0.29, 0.717) is 15.9 Å². The molecule has 0 saturated heterocycles. The van der Waals surface area contributed by atoms with E-state index in [1.165, 1.54) is 30.1 Å². The van der Waals surface area contributed by atoms with Crippen LogP contribution >= 0.6 is 11.3 Å². The first kappa shape index (κ1) is 15.9. The number of thiophene rings is 1. The van der Waals surface area contributed by atoms with Crippen LogP contribution in [0.1, 0.15) is 18.7 Å². The Kier molecular flexibility index (Phi) is 5.27. The maximum absolute atomic E-state index is 12.2. The molecule has 0 radical (unpaired) electrons. The fourth-order valence-electron chi connectivity index (χ4n) is 1.68. The normalized spacial score (nSPS) is 11.8. The van der Waals surface area contributed by atoms with Crippen molar-refractivity contribution in [3.05, 3.63) is 35.7 Å². The fourth-order valence-corrected chi connectivity index (χ4v) is 4.06. The molecule has 114 valence electrons. The van der Waals surface area contributed by atoms with Crippen molar-refractivity contribution in [3.8, 4) is 0 Å². The maximum atomic E-state index is 12.2. The molecule has 0 aliphatic rings. The molecule has 0 aromatic carbocycles. The van der Waals surface area contributed by atoms with Crippen molar-refractivity contribution in [1.29, 1.82) is 0 Å². The van der Waals surface area contributed by atoms with Crippen molar-refractivity contribution in [1.82, 2.24) is 15.3 Å². The van der Waals surface area contributed by atoms with Crippen LogP contribution in [0.4, 0.5) is 5.69 Å². The lowest BCUT2D eigenvalue weighted by Gasteiger charge is -2.06. The molecule has 0 amide bonds. The fraction of sp³-hybridized carbons (Fsp3) is 0.385. The summed E-state index contributed by atoms with van der Waals surface area (Å²) in [4.78, 5) is 8.60. The van der Waals surface area contributed by atoms with Crippen molar-refractivity contribution in [2.45, 2.75) is 30.5 Å². The predicted molar refractivity (Wildman–Crippen MR) is 84.0 cm³/mol. The molecule has 2 aromatic rings. The quantitative estimate of drug-likeness (QED) is 0.811. The van der Waals surface area contributed by atoms with Crippen LogP contribution < -0.4 is 10.0 Å². The van der Waals surface area contributed by atoms with Crippen LogP contribution in [0.5, 0.6) is 0 Å². The van der Waals surface area contributed by atoms with E-state index in [1.54, 1.807) is 6.07 Å². The van der Waals surface area contributed by atoms with Crippen molar-refractivity contribution in [2.75, 3.05) is 11.3 Å². The zero-order valence-corrected chi connectivity index (χ0v) is 13.5. The number of hydrogen-bond donors (Lipinski definition) is 2. The first-order chi connectivity index (χ1) is 9.97. The highest BCUT2D eigenvalue weighted by Crippen LogP contribution is 2.23. The molecule has 0 aliphatic heterocycles. The molecule has 0 atom stereocenters. The van der Waals surface area contributed by atoms with E-state index in [1.807, 2.05) is 6.07 Å². The van der Waals surface area contributed by atoms with Gasteiger partial charge in [0, 0.05) is 17.5 Å². The number of nitrogens with one attached hydrogen (secondary N) is 2. The lowest BCUT2D eigenvalue weighted by Crippen LogP contribution is -2.24. The van der Waals surface area contributed by atoms with Crippen molar-refractivity contribution in [2.24, 2.45) is 0 Å². The Morgan fingerprint density at radius 3 is 2.62 bits per heavy atom. The number of rotatable bonds is 7. The van der Waals surface area contributed by atoms with Crippen molar-refractivity contribution in [3.63, 3.8) is 0 Å². The summed E-state index contributed by atoms with van der Waals surface area (Å²) in [7, 11) is -3.57. The van der Waals surface area contributed by atoms with Gasteiger partial charge in [0.15, 0.2) is 0 Å². The van der Waals surface area contributed by atoms with E-state index in [-0.39, 0.29) is 0 Å². The smallest absolute Gasteiger partial charge is 0.271 e. The second-order valence-corrected chi connectivity index (χ2v) is 7.89. The van der Waals surface area contributed by atoms with Gasteiger partial charge in [-0.1, -0.05) is 13.8 Å². The summed E-state index contributed by atoms with van der Waals surface area (Å²) < 4.78 is 27.2. The van der Waals surface area contributed by atoms with Crippen LogP contribution in [0.3, 0.4) is 0 Å². The maximum Gasteiger partial charge on any atom is 0.271 e. The highest BCUT2D eigenvalue weighted by Gasteiger charge is 2.17. The standard InChI is InChI=1S/C13H18N4O2S2/c1-10(2)16-6-5-12-3-4-13(20-12)21(18,19)17-11-7-14-9-15-8-11/h3-4,7-10,16-17H,5-6H2,1-2H3. The number of anilines is 1. The van der Waals surface area contributed by atoms with E-state index < -0.39 is 10.0 Å². The lowest BCUT2D eigenvalue weighted by atomic mass is 10.3. The molecular weight excluding hydrogens is 308 g/mol. The molecule has 0 spiro atoms. The largest absolute Gasteiger partial charge is 0.314 e. The average Bonchev–Trinajstić information content (AvgIpc) is 2.88. The second kappa shape index (κ2) is 6.97. The van der Waals surface area contributed by atoms with Crippen LogP contribution in [0.2, 0.25) is 0 Å². The van der Waals surface area contributed by atoms with E-state index in [2.05, 4.69) is 33.9 Å². The summed E-state index contributed by atoms with van der Waals surface area (Å²) >= 11 is 1.28. The highest BCUT2D eigenvalue weighted by molar-refractivity contribution is 7.94. The Hall–Kier alpha value is -1.51. The van der Waals surface area contributed by atoms with Crippen LogP contribution in [0.25, 0.3) is 0 Å². The molecule has 6 nitrogen and oxygen atoms in total. The minimum absolute atomic E-state index is 0.297. The molecule has 0 fully saturated rings. The van der Waals surface area contributed by atoms with Gasteiger partial charge < -0.3 is 5.32 Å². The van der Waals surface area contributed by atoms with E-state index in [4.69, 9.17) is 0 Å². The monoisotopic (exact) mass is 326 g/mol. The van der Waals surface area contributed by atoms with Gasteiger partial charge in [-0.05, 0) is 18.6 Å². The molecule has 8 heteroatoms. The van der Waals surface area contributed by atoms with Gasteiger partial charge in [-0.25, -0.2) is 18.4 Å². The third kappa shape index (κ3) is 4.76. The summed E-state index contributed by atoms with van der Waals surface area (Å²) in [5, 5.41) is 3.31. The third-order valence-corrected chi connectivity index (χ3v) is 5.66. The lowest BCUT2D eigenvalue weighted by molar-refractivity contribution is 0.592. The zero-order valence-electron chi connectivity index (χ0n) is 11.9. The minimum atomic E-state index is -3.57. The number of nitrogens with zero attached hydrogens (tertiary/aromatic N) is 2. The third-order valence-electron chi connectivity index (χ3n) is 2.64. The summed E-state index contributed by atoms with van der Waals surface area (Å²) in [6.07, 6.45) is 5.01. The Balaban J connectivity index is 2.02. The first-order valence-electron chi connectivity index (χ1n) is 6.57. The van der Waals surface area contributed by atoms with Gasteiger partial charge in [0.05, 0.1) is 18.1 Å². The molecule has 0 saturated carbocycles. The average molecular weight is 326 g/mol. The SMILES string of the molecule is CC(C)NCCc1ccc(S(=O)(=O)Nc2cncnc2)s1. The predicted octanol–water partition coefficient (Wildman–Crippen LogP) is 1.88. The van der Waals surface area contributed by atoms with Crippen LogP contribution in [-0.4, -0.2) is 31.0 Å². The summed E-state index contributed by atoms with van der Waals surface area (Å²) in [6, 6.07) is 3.90. The minimum Gasteiger partial charge on any atom is -0.314 e. The second-order valence-electron chi connectivity index (χ2n) is 4.81. The van der Waals surface area contributed by atoms with Crippen molar-refractivity contribution >= 4 is 27.0 Å². The Labute approximate surface area is 128 Å². The summed E-state index contributed by atoms with van der Waals surface area (Å²) in [5.41, 5.74) is 0.355. The number of aromatic nitrogens is 2. The van der Waals surface area contributed by atoms with Gasteiger partial charge in [0.25, 0.3) is 10.0 Å². The molecule has 21 heavy (non-hydrogen) atoms. The molecule has 2 rings (SSSR count). The van der Waals surface area contributed by atoms with Gasteiger partial charge >= 0.3 is 0 Å². The van der Waals surface area contributed by atoms with Gasteiger partial charge in [0.1, 0.15) is 10.5 Å². The Morgan fingerprint density at radius 2 is 1.95 bits per heavy atom. The molecular formula is C13H18N4O2S2. The van der Waals surface area contributed by atoms with Crippen LogP contribution in [-0.2, 0) is 16.4 Å². The van der Waals surface area contributed by atoms with Gasteiger partial charge in [-0.3, -0.25) is 4.72 Å². The molecule has 2 aromatic heterocycles. The van der Waals surface area contributed by atoms with Crippen LogP contribution in [0.15, 0.2) is 35.1 Å². The zero-order chi connectivity index (χ0) is 15.3. The molecule has 0 bridgehead atoms. The molecule has 2 heterocycles. The van der Waals surface area contributed by atoms with E-state index >= 15 is 0 Å². The first-order valence-corrected chi connectivity index (χ1v) is 8.87. The topological polar surface area (TPSA) is 84.0 Å². The highest BCUT2D eigenvalue weighted by atomic mass is 32.2. The van der Waals surface area contributed by atoms with Crippen molar-refractivity contribution < 1.29 is 8.42 Å². The Morgan fingerprint density at radius 1 is 1.24 bits per heavy atom. The molecule has 0 unspecified atom stereocenters. The van der Waals surface area contributed by atoms with E-state index in [0.717, 1.165) is 17.8 Å². The van der Waals surface area contributed by atoms with Gasteiger partial charge in [0.2, 0.25) is 0 Å². The molecule has 0 aliphatic carbocycles. The summed E-state index contributed by atoms with van der Waals surface area (Å²) in [6.45, 7) is 4.99. The van der Waals surface area contributed by atoms with Gasteiger partial charge in [-0.2, -0.15) is 0 Å². The van der Waals surface area contributed by atoms with Gasteiger partial charge in [-0.15, -0.1) is 11.3 Å². The van der Waals surface area contributed by atoms with E-state index in [9.17, 15) is 8.42 Å². The number of sulfonamides is 1.